The topological polar surface area (TPSA) is 38.3 Å². The number of nitrogens with one attached hydrogen (secondary N) is 1. The molecule has 1 N–H and O–H groups in total. The molecule has 0 radical (unpaired) electrons. The zero-order chi connectivity index (χ0) is 13.4. The molecule has 3 heteroatoms. The molecular formula is C16H21NO2. The molecule has 0 aliphatic heterocycles. The van der Waals surface area contributed by atoms with Gasteiger partial charge in [-0.05, 0) is 61.8 Å². The van der Waals surface area contributed by atoms with Crippen LogP contribution >= 0.6 is 0 Å². The molecule has 0 heterocycles. The first-order valence-electron chi connectivity index (χ1n) is 7.13. The highest BCUT2D eigenvalue weighted by molar-refractivity contribution is 5.94. The minimum atomic E-state index is 0.0586. The first kappa shape index (κ1) is 12.5. The number of methoxy groups -OCH3 is 1. The Bertz CT molecular complexity index is 498. The Kier molecular flexibility index (Phi) is 3.21. The summed E-state index contributed by atoms with van der Waals surface area (Å²) in [6.45, 7) is 1.97. The van der Waals surface area contributed by atoms with Gasteiger partial charge in [-0.3, -0.25) is 4.79 Å². The smallest absolute Gasteiger partial charge is 0.251 e. The molecule has 3 atom stereocenters. The van der Waals surface area contributed by atoms with Crippen LogP contribution in [-0.4, -0.2) is 19.1 Å². The quantitative estimate of drug-likeness (QED) is 0.906. The maximum absolute atomic E-state index is 12.3. The maximum atomic E-state index is 12.3. The standard InChI is InChI=1S/C16H21NO2/c1-10-7-13(5-6-15(10)19-2)16(18)17-14-9-11-3-4-12(14)8-11/h5-7,11-12,14H,3-4,8-9H2,1-2H3,(H,17,18)/t11-,12-,14+/m0/s1. The average Bonchev–Trinajstić information content (AvgIpc) is 3.00. The molecule has 2 saturated carbocycles. The molecule has 0 unspecified atom stereocenters. The van der Waals surface area contributed by atoms with E-state index in [0.717, 1.165) is 22.8 Å². The number of rotatable bonds is 3. The van der Waals surface area contributed by atoms with Crippen LogP contribution in [0.3, 0.4) is 0 Å². The summed E-state index contributed by atoms with van der Waals surface area (Å²) >= 11 is 0. The van der Waals surface area contributed by atoms with E-state index in [1.54, 1.807) is 7.11 Å². The van der Waals surface area contributed by atoms with Crippen LogP contribution in [0, 0.1) is 18.8 Å². The van der Waals surface area contributed by atoms with Crippen LogP contribution in [0.1, 0.15) is 41.6 Å². The van der Waals surface area contributed by atoms with Crippen LogP contribution in [0.25, 0.3) is 0 Å². The summed E-state index contributed by atoms with van der Waals surface area (Å²) in [7, 11) is 1.65. The van der Waals surface area contributed by atoms with E-state index in [2.05, 4.69) is 5.32 Å². The van der Waals surface area contributed by atoms with Gasteiger partial charge in [0.05, 0.1) is 7.11 Å². The van der Waals surface area contributed by atoms with E-state index in [1.807, 2.05) is 25.1 Å². The third-order valence-electron chi connectivity index (χ3n) is 4.71. The zero-order valence-electron chi connectivity index (χ0n) is 11.6. The summed E-state index contributed by atoms with van der Waals surface area (Å²) in [5.74, 6) is 2.46. The largest absolute Gasteiger partial charge is 0.496 e. The molecular weight excluding hydrogens is 238 g/mol. The lowest BCUT2D eigenvalue weighted by Gasteiger charge is -2.23. The highest BCUT2D eigenvalue weighted by Crippen LogP contribution is 2.44. The lowest BCUT2D eigenvalue weighted by atomic mass is 9.95. The number of aryl methyl sites for hydroxylation is 1. The Morgan fingerprint density at radius 1 is 1.32 bits per heavy atom. The van der Waals surface area contributed by atoms with Gasteiger partial charge in [0, 0.05) is 11.6 Å². The van der Waals surface area contributed by atoms with E-state index in [0.29, 0.717) is 12.0 Å². The number of ether oxygens (including phenoxy) is 1. The van der Waals surface area contributed by atoms with Crippen molar-refractivity contribution in [2.75, 3.05) is 7.11 Å². The van der Waals surface area contributed by atoms with Crippen molar-refractivity contribution in [3.63, 3.8) is 0 Å². The number of benzene rings is 1. The van der Waals surface area contributed by atoms with Crippen LogP contribution in [0.4, 0.5) is 0 Å². The van der Waals surface area contributed by atoms with Crippen molar-refractivity contribution in [1.82, 2.24) is 5.32 Å². The molecule has 1 aromatic carbocycles. The summed E-state index contributed by atoms with van der Waals surface area (Å²) in [4.78, 5) is 12.3. The van der Waals surface area contributed by atoms with Crippen molar-refractivity contribution < 1.29 is 9.53 Å². The molecule has 1 amide bonds. The number of carbonyl (C=O) groups excluding carboxylic acids is 1. The van der Waals surface area contributed by atoms with Crippen molar-refractivity contribution >= 4 is 5.91 Å². The zero-order valence-corrected chi connectivity index (χ0v) is 11.6. The summed E-state index contributed by atoms with van der Waals surface area (Å²) in [6, 6.07) is 6.01. The van der Waals surface area contributed by atoms with Gasteiger partial charge < -0.3 is 10.1 Å². The molecule has 19 heavy (non-hydrogen) atoms. The van der Waals surface area contributed by atoms with Crippen molar-refractivity contribution in [2.45, 2.75) is 38.6 Å². The van der Waals surface area contributed by atoms with E-state index in [9.17, 15) is 4.79 Å². The molecule has 1 aromatic rings. The Morgan fingerprint density at radius 2 is 2.16 bits per heavy atom. The van der Waals surface area contributed by atoms with Gasteiger partial charge in [0.1, 0.15) is 5.75 Å². The van der Waals surface area contributed by atoms with Gasteiger partial charge >= 0.3 is 0 Å². The molecule has 0 aromatic heterocycles. The van der Waals surface area contributed by atoms with E-state index in [-0.39, 0.29) is 5.91 Å². The SMILES string of the molecule is COc1ccc(C(=O)N[C@@H]2C[C@H]3CC[C@H]2C3)cc1C. The van der Waals surface area contributed by atoms with Crippen molar-refractivity contribution in [2.24, 2.45) is 11.8 Å². The van der Waals surface area contributed by atoms with Crippen molar-refractivity contribution in [1.29, 1.82) is 0 Å². The molecule has 3 rings (SSSR count). The number of fused-ring (bicyclic) bond motifs is 2. The second kappa shape index (κ2) is 4.87. The Balaban J connectivity index is 1.69. The van der Waals surface area contributed by atoms with E-state index in [4.69, 9.17) is 4.74 Å². The summed E-state index contributed by atoms with van der Waals surface area (Å²) in [5, 5.41) is 3.21. The first-order chi connectivity index (χ1) is 9.17. The second-order valence-electron chi connectivity index (χ2n) is 5.94. The van der Waals surface area contributed by atoms with Gasteiger partial charge in [-0.1, -0.05) is 6.42 Å². The number of amides is 1. The fourth-order valence-electron chi connectivity index (χ4n) is 3.69. The number of hydrogen-bond acceptors (Lipinski definition) is 2. The van der Waals surface area contributed by atoms with Crippen LogP contribution in [0.2, 0.25) is 0 Å². The van der Waals surface area contributed by atoms with Gasteiger partial charge in [-0.15, -0.1) is 0 Å². The molecule has 2 fully saturated rings. The average molecular weight is 259 g/mol. The predicted molar refractivity (Wildman–Crippen MR) is 74.4 cm³/mol. The Morgan fingerprint density at radius 3 is 2.74 bits per heavy atom. The Hall–Kier alpha value is -1.51. The monoisotopic (exact) mass is 259 g/mol. The molecule has 0 saturated heterocycles. The normalized spacial score (nSPS) is 28.4. The molecule has 0 spiro atoms. The summed E-state index contributed by atoms with van der Waals surface area (Å²) in [6.07, 6.45) is 5.13. The van der Waals surface area contributed by atoms with Crippen molar-refractivity contribution in [3.05, 3.63) is 29.3 Å². The fraction of sp³-hybridized carbons (Fsp3) is 0.562. The molecule has 2 bridgehead atoms. The summed E-state index contributed by atoms with van der Waals surface area (Å²) in [5.41, 5.74) is 1.74. The Labute approximate surface area is 114 Å². The highest BCUT2D eigenvalue weighted by atomic mass is 16.5. The molecule has 2 aliphatic carbocycles. The minimum Gasteiger partial charge on any atom is -0.496 e. The van der Waals surface area contributed by atoms with Gasteiger partial charge in [-0.2, -0.15) is 0 Å². The molecule has 2 aliphatic rings. The van der Waals surface area contributed by atoms with Gasteiger partial charge in [-0.25, -0.2) is 0 Å². The lowest BCUT2D eigenvalue weighted by Crippen LogP contribution is -2.38. The lowest BCUT2D eigenvalue weighted by molar-refractivity contribution is 0.0923. The number of carbonyl (C=O) groups is 1. The third-order valence-corrected chi connectivity index (χ3v) is 4.71. The van der Waals surface area contributed by atoms with E-state index < -0.39 is 0 Å². The first-order valence-corrected chi connectivity index (χ1v) is 7.13. The second-order valence-corrected chi connectivity index (χ2v) is 5.94. The minimum absolute atomic E-state index is 0.0586. The van der Waals surface area contributed by atoms with E-state index >= 15 is 0 Å². The maximum Gasteiger partial charge on any atom is 0.251 e. The molecule has 3 nitrogen and oxygen atoms in total. The number of hydrogen-bond donors (Lipinski definition) is 1. The highest BCUT2D eigenvalue weighted by Gasteiger charge is 2.40. The third kappa shape index (κ3) is 2.34. The summed E-state index contributed by atoms with van der Waals surface area (Å²) < 4.78 is 5.22. The van der Waals surface area contributed by atoms with Crippen LogP contribution in [0.15, 0.2) is 18.2 Å². The van der Waals surface area contributed by atoms with Crippen molar-refractivity contribution in [3.8, 4) is 5.75 Å². The van der Waals surface area contributed by atoms with Gasteiger partial charge in [0.25, 0.3) is 5.91 Å². The van der Waals surface area contributed by atoms with Crippen LogP contribution in [-0.2, 0) is 0 Å². The van der Waals surface area contributed by atoms with Crippen LogP contribution in [0.5, 0.6) is 5.75 Å². The molecule has 102 valence electrons. The fourth-order valence-corrected chi connectivity index (χ4v) is 3.69. The van der Waals surface area contributed by atoms with Gasteiger partial charge in [0.2, 0.25) is 0 Å². The van der Waals surface area contributed by atoms with Crippen LogP contribution < -0.4 is 10.1 Å². The van der Waals surface area contributed by atoms with Gasteiger partial charge in [0.15, 0.2) is 0 Å². The van der Waals surface area contributed by atoms with E-state index in [1.165, 1.54) is 25.7 Å². The predicted octanol–water partition coefficient (Wildman–Crippen LogP) is 2.92.